The van der Waals surface area contributed by atoms with Crippen molar-refractivity contribution in [3.8, 4) is 5.75 Å². The predicted molar refractivity (Wildman–Crippen MR) is 109 cm³/mol. The van der Waals surface area contributed by atoms with Gasteiger partial charge in [-0.25, -0.2) is 5.06 Å². The summed E-state index contributed by atoms with van der Waals surface area (Å²) in [6.45, 7) is 5.02. The average molecular weight is 421 g/mol. The number of ether oxygens (including phenoxy) is 2. The first-order valence-corrected chi connectivity index (χ1v) is 10.6. The Labute approximate surface area is 177 Å². The van der Waals surface area contributed by atoms with Crippen LogP contribution in [-0.4, -0.2) is 72.5 Å². The van der Waals surface area contributed by atoms with Crippen molar-refractivity contribution < 1.29 is 29.0 Å². The van der Waals surface area contributed by atoms with Gasteiger partial charge in [0.2, 0.25) is 5.91 Å². The molecule has 0 unspecified atom stereocenters. The van der Waals surface area contributed by atoms with E-state index >= 15 is 0 Å². The van der Waals surface area contributed by atoms with Crippen LogP contribution in [0.3, 0.4) is 0 Å². The molecule has 0 radical (unpaired) electrons. The molecule has 2 saturated heterocycles. The van der Waals surface area contributed by atoms with Crippen molar-refractivity contribution in [3.63, 3.8) is 0 Å². The lowest BCUT2D eigenvalue weighted by atomic mass is 9.77. The normalized spacial score (nSPS) is 21.2. The van der Waals surface area contributed by atoms with Crippen LogP contribution in [-0.2, 0) is 25.7 Å². The number of hydroxylamine groups is 2. The van der Waals surface area contributed by atoms with Gasteiger partial charge in [-0.05, 0) is 37.0 Å². The van der Waals surface area contributed by atoms with E-state index in [9.17, 15) is 9.59 Å². The number of nitrogens with zero attached hydrogens (tertiary/aromatic N) is 2. The summed E-state index contributed by atoms with van der Waals surface area (Å²) in [5.74, 6) is -0.222. The van der Waals surface area contributed by atoms with Gasteiger partial charge in [0, 0.05) is 26.1 Å². The first kappa shape index (κ1) is 22.5. The van der Waals surface area contributed by atoms with Crippen LogP contribution >= 0.6 is 0 Å². The van der Waals surface area contributed by atoms with Gasteiger partial charge >= 0.3 is 5.97 Å². The molecular formula is C22H32N2O6. The maximum absolute atomic E-state index is 12.6. The number of benzene rings is 1. The summed E-state index contributed by atoms with van der Waals surface area (Å²) in [6.07, 6.45) is 2.28. The quantitative estimate of drug-likeness (QED) is 0.609. The Hall–Kier alpha value is -2.16. The Bertz CT molecular complexity index is 715. The third-order valence-corrected chi connectivity index (χ3v) is 5.98. The highest BCUT2D eigenvalue weighted by atomic mass is 16.7. The van der Waals surface area contributed by atoms with E-state index in [4.69, 9.17) is 19.4 Å². The number of methoxy groups -OCH3 is 1. The Morgan fingerprint density at radius 1 is 1.20 bits per heavy atom. The second-order valence-electron chi connectivity index (χ2n) is 7.90. The number of hydrogen-bond donors (Lipinski definition) is 1. The number of carbonyl (C=O) groups excluding carboxylic acids is 2. The molecule has 1 aromatic rings. The van der Waals surface area contributed by atoms with Gasteiger partial charge < -0.3 is 14.6 Å². The molecule has 8 nitrogen and oxygen atoms in total. The van der Waals surface area contributed by atoms with E-state index in [1.54, 1.807) is 0 Å². The Morgan fingerprint density at radius 3 is 2.50 bits per heavy atom. The van der Waals surface area contributed by atoms with Gasteiger partial charge in [0.1, 0.15) is 12.4 Å². The standard InChI is InChI=1S/C22H32N2O6/c1-3-13-30-24-20(26)15-19(21(27)28-2)22(24)8-10-23(11-9-22)16-17-4-6-18(7-5-17)29-14-12-25/h4-7,19,25H,3,8-16H2,1-2H3/t19-/m0/s1. The number of amides is 1. The van der Waals surface area contributed by atoms with Crippen LogP contribution in [0.25, 0.3) is 0 Å². The van der Waals surface area contributed by atoms with Crippen molar-refractivity contribution >= 4 is 11.9 Å². The van der Waals surface area contributed by atoms with E-state index in [1.807, 2.05) is 31.2 Å². The number of rotatable bonds is 9. The maximum atomic E-state index is 12.6. The molecule has 1 aromatic carbocycles. The largest absolute Gasteiger partial charge is 0.491 e. The van der Waals surface area contributed by atoms with E-state index in [1.165, 1.54) is 12.2 Å². The summed E-state index contributed by atoms with van der Waals surface area (Å²) in [7, 11) is 1.37. The molecule has 1 spiro atoms. The summed E-state index contributed by atoms with van der Waals surface area (Å²) in [6, 6.07) is 7.84. The minimum absolute atomic E-state index is 0.00859. The molecule has 166 valence electrons. The van der Waals surface area contributed by atoms with Crippen LogP contribution in [0, 0.1) is 5.92 Å². The molecule has 2 heterocycles. The highest BCUT2D eigenvalue weighted by Gasteiger charge is 2.58. The van der Waals surface area contributed by atoms with Crippen LogP contribution in [0.5, 0.6) is 5.75 Å². The molecule has 8 heteroatoms. The zero-order chi connectivity index (χ0) is 21.6. The van der Waals surface area contributed by atoms with Gasteiger partial charge in [-0.2, -0.15) is 0 Å². The van der Waals surface area contributed by atoms with Gasteiger partial charge in [-0.1, -0.05) is 19.1 Å². The SMILES string of the molecule is CCCON1C(=O)C[C@@H](C(=O)OC)C12CCN(Cc1ccc(OCCO)cc1)CC2. The van der Waals surface area contributed by atoms with Gasteiger partial charge in [-0.3, -0.25) is 19.3 Å². The van der Waals surface area contributed by atoms with Crippen LogP contribution in [0.2, 0.25) is 0 Å². The van der Waals surface area contributed by atoms with E-state index in [0.717, 1.165) is 37.4 Å². The molecule has 2 aliphatic rings. The van der Waals surface area contributed by atoms with Crippen molar-refractivity contribution in [1.82, 2.24) is 9.96 Å². The topological polar surface area (TPSA) is 88.5 Å². The molecule has 0 saturated carbocycles. The lowest BCUT2D eigenvalue weighted by Crippen LogP contribution is -2.57. The smallest absolute Gasteiger partial charge is 0.311 e. The highest BCUT2D eigenvalue weighted by molar-refractivity contribution is 5.88. The molecule has 0 aromatic heterocycles. The number of likely N-dealkylation sites (tertiary alicyclic amines) is 1. The third kappa shape index (κ3) is 4.77. The summed E-state index contributed by atoms with van der Waals surface area (Å²) < 4.78 is 10.4. The molecule has 3 rings (SSSR count). The fraction of sp³-hybridized carbons (Fsp3) is 0.636. The lowest BCUT2D eigenvalue weighted by molar-refractivity contribution is -0.223. The lowest BCUT2D eigenvalue weighted by Gasteiger charge is -2.45. The number of aliphatic hydroxyl groups excluding tert-OH is 1. The van der Waals surface area contributed by atoms with Gasteiger partial charge in [0.25, 0.3) is 0 Å². The van der Waals surface area contributed by atoms with Gasteiger partial charge in [-0.15, -0.1) is 0 Å². The fourth-order valence-electron chi connectivity index (χ4n) is 4.43. The molecule has 0 aliphatic carbocycles. The Kier molecular flexibility index (Phi) is 7.69. The third-order valence-electron chi connectivity index (χ3n) is 5.98. The number of aliphatic hydroxyl groups is 1. The van der Waals surface area contributed by atoms with Gasteiger partial charge in [0.15, 0.2) is 0 Å². The summed E-state index contributed by atoms with van der Waals surface area (Å²) >= 11 is 0. The molecule has 1 amide bonds. The van der Waals surface area contributed by atoms with Crippen molar-refractivity contribution in [2.45, 2.75) is 44.7 Å². The van der Waals surface area contributed by atoms with Crippen molar-refractivity contribution in [1.29, 1.82) is 0 Å². The minimum atomic E-state index is -0.627. The molecule has 30 heavy (non-hydrogen) atoms. The molecule has 2 fully saturated rings. The zero-order valence-corrected chi connectivity index (χ0v) is 17.8. The monoisotopic (exact) mass is 420 g/mol. The zero-order valence-electron chi connectivity index (χ0n) is 17.8. The number of hydrogen-bond acceptors (Lipinski definition) is 7. The van der Waals surface area contributed by atoms with Crippen LogP contribution in [0.1, 0.15) is 38.2 Å². The van der Waals surface area contributed by atoms with Crippen LogP contribution < -0.4 is 4.74 Å². The van der Waals surface area contributed by atoms with Crippen molar-refractivity contribution in [2.75, 3.05) is 40.0 Å². The minimum Gasteiger partial charge on any atom is -0.491 e. The van der Waals surface area contributed by atoms with E-state index in [-0.39, 0.29) is 31.5 Å². The first-order chi connectivity index (χ1) is 14.5. The van der Waals surface area contributed by atoms with Crippen LogP contribution in [0.4, 0.5) is 0 Å². The number of carbonyl (C=O) groups is 2. The Morgan fingerprint density at radius 2 is 1.90 bits per heavy atom. The van der Waals surface area contributed by atoms with E-state index < -0.39 is 11.5 Å². The predicted octanol–water partition coefficient (Wildman–Crippen LogP) is 1.76. The number of piperidine rings is 1. The maximum Gasteiger partial charge on any atom is 0.311 e. The second kappa shape index (κ2) is 10.2. The summed E-state index contributed by atoms with van der Waals surface area (Å²) in [5.41, 5.74) is 0.533. The second-order valence-corrected chi connectivity index (χ2v) is 7.90. The average Bonchev–Trinajstić information content (AvgIpc) is 3.04. The molecule has 0 bridgehead atoms. The first-order valence-electron chi connectivity index (χ1n) is 10.6. The fourth-order valence-corrected chi connectivity index (χ4v) is 4.43. The summed E-state index contributed by atoms with van der Waals surface area (Å²) in [4.78, 5) is 33.2. The number of esters is 1. The molecule has 1 atom stereocenters. The molecule has 2 aliphatic heterocycles. The summed E-state index contributed by atoms with van der Waals surface area (Å²) in [5, 5.41) is 10.3. The molecular weight excluding hydrogens is 388 g/mol. The van der Waals surface area contributed by atoms with Crippen molar-refractivity contribution in [3.05, 3.63) is 29.8 Å². The van der Waals surface area contributed by atoms with Crippen LogP contribution in [0.15, 0.2) is 24.3 Å². The molecule has 1 N–H and O–H groups in total. The van der Waals surface area contributed by atoms with E-state index in [2.05, 4.69) is 4.90 Å². The highest BCUT2D eigenvalue weighted by Crippen LogP contribution is 2.44. The van der Waals surface area contributed by atoms with E-state index in [0.29, 0.717) is 19.4 Å². The Balaban J connectivity index is 1.65. The van der Waals surface area contributed by atoms with Gasteiger partial charge in [0.05, 0.1) is 31.8 Å². The van der Waals surface area contributed by atoms with Crippen molar-refractivity contribution in [2.24, 2.45) is 5.92 Å².